The van der Waals surface area contributed by atoms with E-state index in [2.05, 4.69) is 10.6 Å². The number of methoxy groups -OCH3 is 2. The number of aliphatic carboxylic acids is 1. The van der Waals surface area contributed by atoms with Gasteiger partial charge in [-0.3, -0.25) is 19.2 Å². The molecule has 1 aromatic rings. The van der Waals surface area contributed by atoms with Gasteiger partial charge in [0, 0.05) is 33.7 Å². The van der Waals surface area contributed by atoms with Crippen LogP contribution in [0, 0.1) is 17.8 Å². The molecule has 1 heterocycles. The minimum Gasteiger partial charge on any atom is -0.480 e. The van der Waals surface area contributed by atoms with Gasteiger partial charge in [0.15, 0.2) is 0 Å². The molecule has 0 saturated carbocycles. The molecule has 4 amide bonds. The molecule has 3 rings (SSSR count). The van der Waals surface area contributed by atoms with E-state index < -0.39 is 65.6 Å². The molecule has 1 saturated heterocycles. The topological polar surface area (TPSA) is 181 Å². The van der Waals surface area contributed by atoms with Crippen LogP contribution >= 0.6 is 0 Å². The summed E-state index contributed by atoms with van der Waals surface area (Å²) in [6, 6.07) is 4.80. The molecule has 286 valence electrons. The average Bonchev–Trinajstić information content (AvgIpc) is 3.55. The standard InChI is InChI=1S/C38H61N5O8/c1-11-22(4)32(42(8)35(46)30(21(2)3)41-37(49)38(6,7)39)28(50-9)20-29(44)43-18-14-17-27(43)33(51-10)23(5)34(45)40-31(36(47)48)26-19-24-15-12-13-16-25(24)26/h12-13,15-16,21-23,26-28,30-33H,11,14,17-20,39H2,1-10H3,(H,40,45)(H,41,49)(H,47,48)/t22-,23+,26-,27-,28+,30-,31-,32-,33+/m0/s1. The number of nitrogens with two attached hydrogens (primary N) is 1. The molecule has 0 unspecified atom stereocenters. The zero-order chi connectivity index (χ0) is 38.4. The molecule has 1 fully saturated rings. The zero-order valence-electron chi connectivity index (χ0n) is 32.1. The Morgan fingerprint density at radius 1 is 1.06 bits per heavy atom. The molecule has 0 radical (unpaired) electrons. The number of rotatable bonds is 18. The van der Waals surface area contributed by atoms with Gasteiger partial charge < -0.3 is 40.7 Å². The highest BCUT2D eigenvalue weighted by Gasteiger charge is 2.45. The van der Waals surface area contributed by atoms with Crippen LogP contribution in [0.25, 0.3) is 0 Å². The maximum atomic E-state index is 14.1. The lowest BCUT2D eigenvalue weighted by Crippen LogP contribution is -2.60. The monoisotopic (exact) mass is 715 g/mol. The first-order valence-electron chi connectivity index (χ1n) is 18.2. The van der Waals surface area contributed by atoms with E-state index in [1.807, 2.05) is 52.0 Å². The van der Waals surface area contributed by atoms with E-state index in [9.17, 15) is 29.1 Å². The summed E-state index contributed by atoms with van der Waals surface area (Å²) in [5.41, 5.74) is 6.84. The maximum absolute atomic E-state index is 14.1. The first-order chi connectivity index (χ1) is 23.9. The van der Waals surface area contributed by atoms with Crippen molar-refractivity contribution in [3.05, 3.63) is 35.4 Å². The number of ether oxygens (including phenoxy) is 2. The third-order valence-corrected chi connectivity index (χ3v) is 10.9. The number of nitrogens with one attached hydrogen (secondary N) is 2. The maximum Gasteiger partial charge on any atom is 0.326 e. The van der Waals surface area contributed by atoms with E-state index in [1.54, 1.807) is 37.6 Å². The molecule has 1 aliphatic heterocycles. The van der Waals surface area contributed by atoms with Gasteiger partial charge in [-0.25, -0.2) is 4.79 Å². The van der Waals surface area contributed by atoms with Gasteiger partial charge in [-0.15, -0.1) is 0 Å². The van der Waals surface area contributed by atoms with Gasteiger partial charge in [-0.2, -0.15) is 0 Å². The van der Waals surface area contributed by atoms with Crippen molar-refractivity contribution in [2.45, 2.75) is 128 Å². The smallest absolute Gasteiger partial charge is 0.326 e. The van der Waals surface area contributed by atoms with Crippen LogP contribution in [0.1, 0.15) is 91.2 Å². The lowest BCUT2D eigenvalue weighted by atomic mass is 9.73. The predicted octanol–water partition coefficient (Wildman–Crippen LogP) is 2.69. The normalized spacial score (nSPS) is 21.3. The van der Waals surface area contributed by atoms with Crippen LogP contribution in [0.2, 0.25) is 0 Å². The van der Waals surface area contributed by atoms with Gasteiger partial charge in [0.25, 0.3) is 0 Å². The third kappa shape index (κ3) is 9.66. The average molecular weight is 716 g/mol. The van der Waals surface area contributed by atoms with Crippen molar-refractivity contribution < 1.29 is 38.6 Å². The van der Waals surface area contributed by atoms with Crippen molar-refractivity contribution >= 4 is 29.6 Å². The summed E-state index contributed by atoms with van der Waals surface area (Å²) in [6.07, 6.45) is 1.22. The number of nitrogens with zero attached hydrogens (tertiary/aromatic N) is 2. The summed E-state index contributed by atoms with van der Waals surface area (Å²) < 4.78 is 11.8. The highest BCUT2D eigenvalue weighted by Crippen LogP contribution is 2.38. The second-order valence-electron chi connectivity index (χ2n) is 15.3. The molecular formula is C38H61N5O8. The molecule has 9 atom stereocenters. The fourth-order valence-electron chi connectivity index (χ4n) is 7.58. The Balaban J connectivity index is 1.77. The lowest BCUT2D eigenvalue weighted by Gasteiger charge is -2.41. The number of hydrogen-bond donors (Lipinski definition) is 4. The second-order valence-corrected chi connectivity index (χ2v) is 15.3. The van der Waals surface area contributed by atoms with Crippen molar-refractivity contribution in [3.63, 3.8) is 0 Å². The van der Waals surface area contributed by atoms with E-state index in [1.165, 1.54) is 14.2 Å². The molecule has 5 N–H and O–H groups in total. The Morgan fingerprint density at radius 3 is 2.24 bits per heavy atom. The minimum absolute atomic E-state index is 0.0205. The van der Waals surface area contributed by atoms with E-state index >= 15 is 0 Å². The Bertz CT molecular complexity index is 1400. The highest BCUT2D eigenvalue weighted by atomic mass is 16.5. The lowest BCUT2D eigenvalue weighted by molar-refractivity contribution is -0.148. The van der Waals surface area contributed by atoms with Crippen LogP contribution in [-0.4, -0.2) is 114 Å². The largest absolute Gasteiger partial charge is 0.480 e. The molecule has 1 aromatic carbocycles. The number of carboxylic acids is 1. The van der Waals surface area contributed by atoms with Crippen molar-refractivity contribution in [2.24, 2.45) is 23.5 Å². The van der Waals surface area contributed by atoms with E-state index in [4.69, 9.17) is 15.2 Å². The second kappa shape index (κ2) is 17.8. The van der Waals surface area contributed by atoms with E-state index in [-0.39, 0.29) is 36.0 Å². The first kappa shape index (κ1) is 41.9. The molecule has 1 aliphatic carbocycles. The third-order valence-electron chi connectivity index (χ3n) is 10.9. The van der Waals surface area contributed by atoms with Gasteiger partial charge in [-0.05, 0) is 56.1 Å². The molecule has 2 aliphatic rings. The van der Waals surface area contributed by atoms with Crippen molar-refractivity contribution in [1.82, 2.24) is 20.4 Å². The Hall–Kier alpha value is -3.55. The zero-order valence-corrected chi connectivity index (χ0v) is 32.1. The van der Waals surface area contributed by atoms with Crippen molar-refractivity contribution in [3.8, 4) is 0 Å². The summed E-state index contributed by atoms with van der Waals surface area (Å²) in [6.45, 7) is 13.0. The number of fused-ring (bicyclic) bond motifs is 1. The number of carbonyl (C=O) groups excluding carboxylic acids is 4. The summed E-state index contributed by atoms with van der Waals surface area (Å²) >= 11 is 0. The van der Waals surface area contributed by atoms with Gasteiger partial charge in [0.05, 0.1) is 42.2 Å². The fourth-order valence-corrected chi connectivity index (χ4v) is 7.58. The van der Waals surface area contributed by atoms with Crippen LogP contribution in [-0.2, 0) is 39.9 Å². The fraction of sp³-hybridized carbons (Fsp3) is 0.711. The van der Waals surface area contributed by atoms with Crippen LogP contribution in [0.3, 0.4) is 0 Å². The SMILES string of the molecule is CC[C@H](C)[C@@H]([C@@H](CC(=O)N1CCC[C@H]1[C@H](OC)[C@@H](C)C(=O)N[C@H](C(=O)O)[C@H]1Cc2ccccc21)OC)N(C)C(=O)[C@@H](NC(=O)C(C)(C)N)C(C)C. The summed E-state index contributed by atoms with van der Waals surface area (Å²) in [5.74, 6) is -3.84. The highest BCUT2D eigenvalue weighted by molar-refractivity contribution is 5.92. The van der Waals surface area contributed by atoms with Gasteiger partial charge >= 0.3 is 5.97 Å². The van der Waals surface area contributed by atoms with Gasteiger partial charge in [-0.1, -0.05) is 65.3 Å². The molecule has 0 spiro atoms. The Kier molecular flexibility index (Phi) is 14.6. The quantitative estimate of drug-likeness (QED) is 0.178. The number of amides is 4. The van der Waals surface area contributed by atoms with Crippen LogP contribution in [0.15, 0.2) is 24.3 Å². The minimum atomic E-state index is -1.17. The van der Waals surface area contributed by atoms with Crippen molar-refractivity contribution in [2.75, 3.05) is 27.8 Å². The number of benzene rings is 1. The number of likely N-dealkylation sites (N-methyl/N-ethyl adjacent to an activating group) is 1. The first-order valence-corrected chi connectivity index (χ1v) is 18.2. The van der Waals surface area contributed by atoms with Gasteiger partial charge in [0.1, 0.15) is 12.1 Å². The van der Waals surface area contributed by atoms with Gasteiger partial charge in [0.2, 0.25) is 23.6 Å². The predicted molar refractivity (Wildman–Crippen MR) is 194 cm³/mol. The molecule has 51 heavy (non-hydrogen) atoms. The van der Waals surface area contributed by atoms with E-state index in [0.717, 1.165) is 11.1 Å². The number of hydrogen-bond acceptors (Lipinski definition) is 8. The van der Waals surface area contributed by atoms with Crippen LogP contribution < -0.4 is 16.4 Å². The summed E-state index contributed by atoms with van der Waals surface area (Å²) in [4.78, 5) is 70.0. The summed E-state index contributed by atoms with van der Waals surface area (Å²) in [5, 5.41) is 15.6. The van der Waals surface area contributed by atoms with Crippen molar-refractivity contribution in [1.29, 1.82) is 0 Å². The molecule has 0 aromatic heterocycles. The van der Waals surface area contributed by atoms with Crippen LogP contribution in [0.4, 0.5) is 0 Å². The van der Waals surface area contributed by atoms with Crippen LogP contribution in [0.5, 0.6) is 0 Å². The number of carbonyl (C=O) groups is 5. The number of carboxylic acid groups (broad SMARTS) is 1. The molecule has 0 bridgehead atoms. The molecule has 13 nitrogen and oxygen atoms in total. The molecular weight excluding hydrogens is 654 g/mol. The number of likely N-dealkylation sites (tertiary alicyclic amines) is 1. The molecule has 13 heteroatoms. The Labute approximate surface area is 303 Å². The van der Waals surface area contributed by atoms with E-state index in [0.29, 0.717) is 32.2 Å². The summed E-state index contributed by atoms with van der Waals surface area (Å²) in [7, 11) is 4.70. The Morgan fingerprint density at radius 2 is 1.71 bits per heavy atom.